The molecule has 142 valence electrons. The summed E-state index contributed by atoms with van der Waals surface area (Å²) in [4.78, 5) is 0. The number of rotatable bonds is 2. The zero-order valence-corrected chi connectivity index (χ0v) is 16.0. The maximum Gasteiger partial charge on any atom is 0.217 e. The molecule has 4 rings (SSSR count). The van der Waals surface area contributed by atoms with Crippen molar-refractivity contribution < 1.29 is 9.47 Å². The molecule has 0 spiro atoms. The van der Waals surface area contributed by atoms with Crippen LogP contribution >= 0.6 is 0 Å². The summed E-state index contributed by atoms with van der Waals surface area (Å²) in [6, 6.07) is 13.9. The molecule has 6 nitrogen and oxygen atoms in total. The van der Waals surface area contributed by atoms with Gasteiger partial charge in [-0.25, -0.2) is 0 Å². The Bertz CT molecular complexity index is 937. The van der Waals surface area contributed by atoms with Gasteiger partial charge in [-0.1, -0.05) is 43.2 Å². The average Bonchev–Trinajstić information content (AvgIpc) is 2.92. The lowest BCUT2D eigenvalue weighted by atomic mass is 9.50. The van der Waals surface area contributed by atoms with Crippen molar-refractivity contribution in [1.82, 2.24) is 0 Å². The van der Waals surface area contributed by atoms with Crippen molar-refractivity contribution in [2.24, 2.45) is 22.7 Å². The van der Waals surface area contributed by atoms with Crippen LogP contribution in [0.4, 0.5) is 0 Å². The molecule has 1 N–H and O–H groups in total. The number of hydrogen-bond donors (Lipinski definition) is 1. The molecule has 0 aromatic heterocycles. The molecular formula is C22H22N4O2. The number of nitriles is 3. The zero-order valence-electron chi connectivity index (χ0n) is 16.0. The van der Waals surface area contributed by atoms with Crippen LogP contribution in [-0.2, 0) is 9.47 Å². The van der Waals surface area contributed by atoms with Crippen LogP contribution in [0.3, 0.4) is 0 Å². The van der Waals surface area contributed by atoms with Gasteiger partial charge in [-0.2, -0.15) is 15.8 Å². The van der Waals surface area contributed by atoms with Crippen molar-refractivity contribution in [3.8, 4) is 18.2 Å². The molecule has 5 atom stereocenters. The van der Waals surface area contributed by atoms with Crippen LogP contribution in [0, 0.1) is 69.0 Å². The van der Waals surface area contributed by atoms with E-state index in [1.807, 2.05) is 31.2 Å². The van der Waals surface area contributed by atoms with Gasteiger partial charge in [0.25, 0.3) is 0 Å². The second-order valence-corrected chi connectivity index (χ2v) is 8.20. The smallest absolute Gasteiger partial charge is 0.217 e. The van der Waals surface area contributed by atoms with Crippen LogP contribution in [0.5, 0.6) is 0 Å². The molecule has 3 fully saturated rings. The van der Waals surface area contributed by atoms with E-state index in [0.29, 0.717) is 24.3 Å². The third kappa shape index (κ3) is 2.00. The molecule has 1 aromatic carbocycles. The highest BCUT2D eigenvalue weighted by molar-refractivity contribution is 5.89. The topological polar surface area (TPSA) is 114 Å². The molecule has 2 saturated heterocycles. The summed E-state index contributed by atoms with van der Waals surface area (Å²) in [5.74, 6) is -1.56. The Labute approximate surface area is 164 Å². The number of aryl methyl sites for hydroxylation is 1. The molecule has 2 bridgehead atoms. The van der Waals surface area contributed by atoms with Gasteiger partial charge < -0.3 is 9.47 Å². The van der Waals surface area contributed by atoms with E-state index in [0.717, 1.165) is 18.4 Å². The van der Waals surface area contributed by atoms with Gasteiger partial charge in [0.2, 0.25) is 17.1 Å². The Balaban J connectivity index is 1.96. The van der Waals surface area contributed by atoms with Gasteiger partial charge >= 0.3 is 0 Å². The average molecular weight is 374 g/mol. The standard InChI is InChI=1S/C22H22N4O2/c1-3-15-8-9-22-17(10-15)21(13-25,19(26)28-22)20(11-23,12-24)18(27-22)16-6-4-14(2)5-7-16/h4-7,15,17-18,26H,3,8-10H2,1-2H3. The van der Waals surface area contributed by atoms with Crippen molar-refractivity contribution in [1.29, 1.82) is 21.2 Å². The predicted octanol–water partition coefficient (Wildman–Crippen LogP) is 4.14. The summed E-state index contributed by atoms with van der Waals surface area (Å²) in [5, 5.41) is 39.3. The van der Waals surface area contributed by atoms with Crippen molar-refractivity contribution >= 4 is 5.90 Å². The van der Waals surface area contributed by atoms with E-state index in [9.17, 15) is 15.8 Å². The molecule has 6 heteroatoms. The van der Waals surface area contributed by atoms with Crippen LogP contribution in [0.2, 0.25) is 0 Å². The summed E-state index contributed by atoms with van der Waals surface area (Å²) < 4.78 is 12.4. The molecule has 2 aliphatic heterocycles. The first-order valence-corrected chi connectivity index (χ1v) is 9.69. The third-order valence-electron chi connectivity index (χ3n) is 6.98. The second-order valence-electron chi connectivity index (χ2n) is 8.20. The predicted molar refractivity (Wildman–Crippen MR) is 99.4 cm³/mol. The first-order chi connectivity index (χ1) is 13.4. The lowest BCUT2D eigenvalue weighted by molar-refractivity contribution is -0.299. The molecule has 1 saturated carbocycles. The SMILES string of the molecule is CCC1CCC23OC(=N)C(C#N)(C2C1)C(C#N)(C#N)C(c1ccc(C)cc1)O3. The largest absolute Gasteiger partial charge is 0.447 e. The number of benzene rings is 1. The van der Waals surface area contributed by atoms with E-state index >= 15 is 0 Å². The quantitative estimate of drug-likeness (QED) is 0.835. The summed E-state index contributed by atoms with van der Waals surface area (Å²) in [6.45, 7) is 4.05. The lowest BCUT2D eigenvalue weighted by Gasteiger charge is -2.52. The first kappa shape index (κ1) is 18.5. The summed E-state index contributed by atoms with van der Waals surface area (Å²) in [6.07, 6.45) is 2.01. The van der Waals surface area contributed by atoms with E-state index in [-0.39, 0.29) is 5.90 Å². The number of hydrogen-bond acceptors (Lipinski definition) is 6. The molecule has 3 aliphatic rings. The normalized spacial score (nSPS) is 37.7. The maximum absolute atomic E-state index is 10.3. The van der Waals surface area contributed by atoms with E-state index < -0.39 is 28.6 Å². The lowest BCUT2D eigenvalue weighted by Crippen LogP contribution is -2.61. The minimum atomic E-state index is -1.85. The van der Waals surface area contributed by atoms with Gasteiger partial charge in [0, 0.05) is 6.42 Å². The third-order valence-corrected chi connectivity index (χ3v) is 6.98. The number of nitrogens with one attached hydrogen (secondary N) is 1. The zero-order chi connectivity index (χ0) is 20.2. The highest BCUT2D eigenvalue weighted by Gasteiger charge is 2.80. The fourth-order valence-electron chi connectivity index (χ4n) is 5.33. The molecule has 0 amide bonds. The maximum atomic E-state index is 10.3. The summed E-state index contributed by atoms with van der Waals surface area (Å²) in [7, 11) is 0. The van der Waals surface area contributed by atoms with Crippen LogP contribution < -0.4 is 0 Å². The summed E-state index contributed by atoms with van der Waals surface area (Å²) >= 11 is 0. The minimum absolute atomic E-state index is 0.297. The van der Waals surface area contributed by atoms with Gasteiger partial charge in [-0.3, -0.25) is 5.41 Å². The van der Waals surface area contributed by atoms with Gasteiger partial charge in [0.1, 0.15) is 6.10 Å². The van der Waals surface area contributed by atoms with Crippen LogP contribution in [0.15, 0.2) is 24.3 Å². The molecule has 2 heterocycles. The van der Waals surface area contributed by atoms with Crippen LogP contribution in [0.25, 0.3) is 0 Å². The molecule has 1 aliphatic carbocycles. The van der Waals surface area contributed by atoms with Crippen molar-refractivity contribution in [2.75, 3.05) is 0 Å². The Morgan fingerprint density at radius 3 is 2.39 bits per heavy atom. The highest BCUT2D eigenvalue weighted by Crippen LogP contribution is 2.70. The summed E-state index contributed by atoms with van der Waals surface area (Å²) in [5.41, 5.74) is -1.80. The van der Waals surface area contributed by atoms with Crippen molar-refractivity contribution in [3.63, 3.8) is 0 Å². The van der Waals surface area contributed by atoms with E-state index in [1.54, 1.807) is 0 Å². The van der Waals surface area contributed by atoms with E-state index in [4.69, 9.17) is 14.9 Å². The number of nitrogens with zero attached hydrogens (tertiary/aromatic N) is 3. The first-order valence-electron chi connectivity index (χ1n) is 9.69. The van der Waals surface area contributed by atoms with Gasteiger partial charge in [-0.05, 0) is 31.2 Å². The molecule has 28 heavy (non-hydrogen) atoms. The van der Waals surface area contributed by atoms with Crippen LogP contribution in [-0.4, -0.2) is 11.7 Å². The Kier molecular flexibility index (Phi) is 4.00. The van der Waals surface area contributed by atoms with Crippen LogP contribution in [0.1, 0.15) is 49.8 Å². The van der Waals surface area contributed by atoms with Crippen molar-refractivity contribution in [3.05, 3.63) is 35.4 Å². The molecule has 0 radical (unpaired) electrons. The monoisotopic (exact) mass is 374 g/mol. The van der Waals surface area contributed by atoms with Gasteiger partial charge in [-0.15, -0.1) is 0 Å². The Morgan fingerprint density at radius 1 is 1.14 bits per heavy atom. The number of ether oxygens (including phenoxy) is 2. The Morgan fingerprint density at radius 2 is 1.82 bits per heavy atom. The Hall–Kier alpha value is -2.88. The van der Waals surface area contributed by atoms with Crippen molar-refractivity contribution in [2.45, 2.75) is 51.4 Å². The minimum Gasteiger partial charge on any atom is -0.447 e. The van der Waals surface area contributed by atoms with Gasteiger partial charge in [0.15, 0.2) is 5.41 Å². The molecule has 5 unspecified atom stereocenters. The fourth-order valence-corrected chi connectivity index (χ4v) is 5.33. The molecule has 1 aromatic rings. The highest BCUT2D eigenvalue weighted by atomic mass is 16.7. The fraction of sp³-hybridized carbons (Fsp3) is 0.545. The van der Waals surface area contributed by atoms with E-state index in [1.165, 1.54) is 0 Å². The van der Waals surface area contributed by atoms with Gasteiger partial charge in [0.05, 0.1) is 24.1 Å². The second kappa shape index (κ2) is 6.06. The van der Waals surface area contributed by atoms with E-state index in [2.05, 4.69) is 25.1 Å². The molecular weight excluding hydrogens is 352 g/mol.